The third kappa shape index (κ3) is 35.4. The number of unbranched alkanes of at least 4 members (excludes halogenated alkanes) is 15. The van der Waals surface area contributed by atoms with Gasteiger partial charge in [0.2, 0.25) is 0 Å². The van der Waals surface area contributed by atoms with Crippen LogP contribution in [0.15, 0.2) is 97.2 Å². The van der Waals surface area contributed by atoms with Crippen molar-refractivity contribution in [3.63, 3.8) is 0 Å². The maximum absolute atomic E-state index is 12.8. The highest BCUT2D eigenvalue weighted by Crippen LogP contribution is 2.22. The van der Waals surface area contributed by atoms with Gasteiger partial charge < -0.3 is 39.4 Å². The molecule has 0 aliphatic carbocycles. The van der Waals surface area contributed by atoms with Gasteiger partial charge in [-0.2, -0.15) is 0 Å². The number of esters is 1. The van der Waals surface area contributed by atoms with Crippen molar-refractivity contribution in [2.45, 2.75) is 218 Å². The zero-order valence-electron chi connectivity index (χ0n) is 40.2. The van der Waals surface area contributed by atoms with Gasteiger partial charge in [-0.1, -0.05) is 175 Å². The molecule has 1 rings (SSSR count). The summed E-state index contributed by atoms with van der Waals surface area (Å²) in [4.78, 5) is 12.8. The van der Waals surface area contributed by atoms with E-state index in [-0.39, 0.29) is 25.6 Å². The predicted octanol–water partition coefficient (Wildman–Crippen LogP) is 12.4. The van der Waals surface area contributed by atoms with Crippen LogP contribution in [0.1, 0.15) is 181 Å². The van der Waals surface area contributed by atoms with E-state index in [1.54, 1.807) is 0 Å². The summed E-state index contributed by atoms with van der Waals surface area (Å²) >= 11 is 0. The number of ether oxygens (including phenoxy) is 4. The van der Waals surface area contributed by atoms with E-state index in [0.717, 1.165) is 89.9 Å². The molecule has 1 heterocycles. The van der Waals surface area contributed by atoms with Gasteiger partial charge >= 0.3 is 5.97 Å². The van der Waals surface area contributed by atoms with Crippen molar-refractivity contribution < 1.29 is 44.2 Å². The Kier molecular flexibility index (Phi) is 41.8. The van der Waals surface area contributed by atoms with Crippen molar-refractivity contribution >= 4 is 5.97 Å². The summed E-state index contributed by atoms with van der Waals surface area (Å²) < 4.78 is 22.8. The molecule has 0 spiro atoms. The minimum absolute atomic E-state index is 0.121. The summed E-state index contributed by atoms with van der Waals surface area (Å²) in [6.07, 6.45) is 55.8. The fraction of sp³-hybridized carbons (Fsp3) is 0.691. The van der Waals surface area contributed by atoms with Crippen LogP contribution in [0, 0.1) is 0 Å². The summed E-state index contributed by atoms with van der Waals surface area (Å²) in [6, 6.07) is 0. The summed E-state index contributed by atoms with van der Waals surface area (Å²) in [6.45, 7) is 4.37. The SMILES string of the molecule is CC/C=C\C/C=C\C/C=C\C/C=C\C/C=C\C/C=C\C/C=C\CCCCCC(=O)OC(COCCCCCCCC/C=C\CCCCCCCC)COC1OC(CO)C(O)C(O)C1O. The van der Waals surface area contributed by atoms with Crippen LogP contribution in [-0.2, 0) is 23.7 Å². The lowest BCUT2D eigenvalue weighted by molar-refractivity contribution is -0.305. The van der Waals surface area contributed by atoms with Gasteiger partial charge in [0, 0.05) is 13.0 Å². The predicted molar refractivity (Wildman–Crippen MR) is 265 cm³/mol. The molecule has 0 amide bonds. The standard InChI is InChI=1S/C55H92O9/c1-3-5-7-9-11-13-15-17-19-21-22-23-24-25-26-27-28-29-30-32-34-36-38-40-42-44-51(57)63-49(48-62-55-54(60)53(59)52(58)50(46-56)64-55)47-61-45-43-41-39-37-35-33-31-20-18-16-14-12-10-8-6-4-2/h5,7,11,13,17-20,22-23,25-26,28-29,32,34,49-50,52-56,58-60H,3-4,6,8-10,12,14-16,21,24,27,30-31,33,35-48H2,1-2H3/b7-5-,13-11-,19-17-,20-18-,23-22-,26-25-,29-28-,34-32-. The smallest absolute Gasteiger partial charge is 0.306 e. The van der Waals surface area contributed by atoms with Crippen molar-refractivity contribution in [2.24, 2.45) is 0 Å². The molecular weight excluding hydrogens is 805 g/mol. The molecule has 1 aliphatic heterocycles. The van der Waals surface area contributed by atoms with Crippen LogP contribution in [0.3, 0.4) is 0 Å². The first kappa shape index (κ1) is 59.1. The number of aliphatic hydroxyl groups is 4. The fourth-order valence-electron chi connectivity index (χ4n) is 7.05. The molecular formula is C55H92O9. The summed E-state index contributed by atoms with van der Waals surface area (Å²) in [7, 11) is 0. The van der Waals surface area contributed by atoms with Gasteiger partial charge in [-0.25, -0.2) is 0 Å². The normalized spacial score (nSPS) is 20.4. The van der Waals surface area contributed by atoms with E-state index in [1.165, 1.54) is 64.2 Å². The maximum atomic E-state index is 12.8. The second-order valence-electron chi connectivity index (χ2n) is 16.9. The van der Waals surface area contributed by atoms with Gasteiger partial charge in [-0.05, 0) is 96.3 Å². The Bertz CT molecular complexity index is 1300. The Labute approximate surface area is 390 Å². The lowest BCUT2D eigenvalue weighted by Crippen LogP contribution is -2.59. The van der Waals surface area contributed by atoms with Gasteiger partial charge in [-0.3, -0.25) is 4.79 Å². The highest BCUT2D eigenvalue weighted by Gasteiger charge is 2.44. The number of aliphatic hydroxyl groups excluding tert-OH is 4. The third-order valence-corrected chi connectivity index (χ3v) is 11.0. The molecule has 0 aromatic rings. The first-order chi connectivity index (χ1) is 31.4. The van der Waals surface area contributed by atoms with E-state index >= 15 is 0 Å². The largest absolute Gasteiger partial charge is 0.457 e. The van der Waals surface area contributed by atoms with Crippen LogP contribution >= 0.6 is 0 Å². The molecule has 4 N–H and O–H groups in total. The number of hydrogen-bond donors (Lipinski definition) is 4. The molecule has 64 heavy (non-hydrogen) atoms. The molecule has 9 heteroatoms. The van der Waals surface area contributed by atoms with Crippen LogP contribution in [0.4, 0.5) is 0 Å². The Morgan fingerprint density at radius 1 is 0.516 bits per heavy atom. The molecule has 366 valence electrons. The second-order valence-corrected chi connectivity index (χ2v) is 16.9. The minimum Gasteiger partial charge on any atom is -0.457 e. The Hall–Kier alpha value is -2.89. The number of carbonyl (C=O) groups is 1. The van der Waals surface area contributed by atoms with Gasteiger partial charge in [0.25, 0.3) is 0 Å². The molecule has 6 unspecified atom stereocenters. The maximum Gasteiger partial charge on any atom is 0.306 e. The summed E-state index contributed by atoms with van der Waals surface area (Å²) in [5.74, 6) is -0.351. The average molecular weight is 897 g/mol. The molecule has 1 aliphatic rings. The van der Waals surface area contributed by atoms with E-state index in [9.17, 15) is 25.2 Å². The number of hydrogen-bond acceptors (Lipinski definition) is 9. The van der Waals surface area contributed by atoms with Crippen molar-refractivity contribution in [1.29, 1.82) is 0 Å². The van der Waals surface area contributed by atoms with Gasteiger partial charge in [0.05, 0.1) is 19.8 Å². The molecule has 9 nitrogen and oxygen atoms in total. The van der Waals surface area contributed by atoms with Crippen molar-refractivity contribution in [2.75, 3.05) is 26.4 Å². The Morgan fingerprint density at radius 3 is 1.45 bits per heavy atom. The molecule has 6 atom stereocenters. The fourth-order valence-corrected chi connectivity index (χ4v) is 7.05. The van der Waals surface area contributed by atoms with E-state index < -0.39 is 43.4 Å². The molecule has 1 saturated heterocycles. The quantitative estimate of drug-likeness (QED) is 0.0268. The van der Waals surface area contributed by atoms with E-state index in [1.807, 2.05) is 0 Å². The van der Waals surface area contributed by atoms with Gasteiger partial charge in [0.1, 0.15) is 30.5 Å². The average Bonchev–Trinajstić information content (AvgIpc) is 3.30. The van der Waals surface area contributed by atoms with Crippen LogP contribution in [0.25, 0.3) is 0 Å². The zero-order chi connectivity index (χ0) is 46.4. The molecule has 0 radical (unpaired) electrons. The lowest BCUT2D eigenvalue weighted by atomic mass is 9.99. The number of rotatable bonds is 42. The van der Waals surface area contributed by atoms with E-state index in [0.29, 0.717) is 13.0 Å². The first-order valence-corrected chi connectivity index (χ1v) is 25.3. The van der Waals surface area contributed by atoms with Crippen LogP contribution < -0.4 is 0 Å². The van der Waals surface area contributed by atoms with Gasteiger partial charge in [0.15, 0.2) is 6.29 Å². The monoisotopic (exact) mass is 897 g/mol. The summed E-state index contributed by atoms with van der Waals surface area (Å²) in [5, 5.41) is 40.2. The number of carbonyl (C=O) groups excluding carboxylic acids is 1. The topological polar surface area (TPSA) is 135 Å². The highest BCUT2D eigenvalue weighted by molar-refractivity contribution is 5.69. The van der Waals surface area contributed by atoms with Crippen molar-refractivity contribution in [1.82, 2.24) is 0 Å². The van der Waals surface area contributed by atoms with Crippen LogP contribution in [0.5, 0.6) is 0 Å². The summed E-state index contributed by atoms with van der Waals surface area (Å²) in [5.41, 5.74) is 0. The Balaban J connectivity index is 2.27. The Morgan fingerprint density at radius 2 is 0.953 bits per heavy atom. The second kappa shape index (κ2) is 45.3. The van der Waals surface area contributed by atoms with Crippen molar-refractivity contribution in [3.05, 3.63) is 97.2 Å². The molecule has 1 fully saturated rings. The molecule has 0 aromatic carbocycles. The van der Waals surface area contributed by atoms with E-state index in [4.69, 9.17) is 18.9 Å². The van der Waals surface area contributed by atoms with Crippen molar-refractivity contribution in [3.8, 4) is 0 Å². The molecule has 0 bridgehead atoms. The molecule has 0 saturated carbocycles. The lowest BCUT2D eigenvalue weighted by Gasteiger charge is -2.39. The number of allylic oxidation sites excluding steroid dienone is 16. The third-order valence-electron chi connectivity index (χ3n) is 11.0. The first-order valence-electron chi connectivity index (χ1n) is 25.3. The van der Waals surface area contributed by atoms with Crippen LogP contribution in [0.2, 0.25) is 0 Å². The van der Waals surface area contributed by atoms with Gasteiger partial charge in [-0.15, -0.1) is 0 Å². The highest BCUT2D eigenvalue weighted by atomic mass is 16.7. The minimum atomic E-state index is -1.55. The zero-order valence-corrected chi connectivity index (χ0v) is 40.2. The van der Waals surface area contributed by atoms with Crippen LogP contribution in [-0.4, -0.2) is 89.6 Å². The molecule has 0 aromatic heterocycles. The van der Waals surface area contributed by atoms with E-state index in [2.05, 4.69) is 111 Å².